The molecule has 0 aliphatic carbocycles. The molecule has 2 aromatic rings. The average Bonchev–Trinajstić information content (AvgIpc) is 2.33. The molecule has 0 atom stereocenters. The molecule has 0 aliphatic heterocycles. The summed E-state index contributed by atoms with van der Waals surface area (Å²) in [6.07, 6.45) is 1.30. The third kappa shape index (κ3) is 2.20. The second-order valence-electron chi connectivity index (χ2n) is 3.69. The molecular weight excluding hydrogens is 224 g/mol. The van der Waals surface area contributed by atoms with Crippen molar-refractivity contribution in [2.24, 2.45) is 0 Å². The molecule has 0 aliphatic rings. The molecule has 1 heterocycles. The topological polar surface area (TPSA) is 30.0 Å². The van der Waals surface area contributed by atoms with Crippen LogP contribution < -0.4 is 0 Å². The maximum Gasteiger partial charge on any atom is 0.153 e. The van der Waals surface area contributed by atoms with E-state index in [0.717, 1.165) is 11.8 Å². The molecule has 0 saturated heterocycles. The number of pyridine rings is 1. The number of carbonyl (C=O) groups is 1. The van der Waals surface area contributed by atoms with E-state index in [4.69, 9.17) is 0 Å². The summed E-state index contributed by atoms with van der Waals surface area (Å²) >= 11 is 0. The Labute approximate surface area is 96.9 Å². The van der Waals surface area contributed by atoms with Gasteiger partial charge in [0, 0.05) is 5.56 Å². The number of benzene rings is 1. The summed E-state index contributed by atoms with van der Waals surface area (Å²) in [7, 11) is 0. The second-order valence-corrected chi connectivity index (χ2v) is 3.69. The number of aldehydes is 1. The minimum Gasteiger partial charge on any atom is -0.298 e. The molecular formula is C13H9F2NO. The van der Waals surface area contributed by atoms with Crippen LogP contribution in [0.25, 0.3) is 11.3 Å². The third-order valence-electron chi connectivity index (χ3n) is 2.41. The Hall–Kier alpha value is -2.10. The van der Waals surface area contributed by atoms with E-state index in [1.807, 2.05) is 6.92 Å². The van der Waals surface area contributed by atoms with Crippen molar-refractivity contribution in [3.63, 3.8) is 0 Å². The first kappa shape index (κ1) is 11.4. The van der Waals surface area contributed by atoms with Gasteiger partial charge in [0.15, 0.2) is 12.1 Å². The molecule has 0 fully saturated rings. The largest absolute Gasteiger partial charge is 0.298 e. The lowest BCUT2D eigenvalue weighted by atomic mass is 10.1. The van der Waals surface area contributed by atoms with Crippen LogP contribution in [-0.4, -0.2) is 11.3 Å². The van der Waals surface area contributed by atoms with Crippen molar-refractivity contribution < 1.29 is 13.6 Å². The maximum atomic E-state index is 13.6. The van der Waals surface area contributed by atoms with Gasteiger partial charge in [-0.15, -0.1) is 0 Å². The number of hydrogen-bond acceptors (Lipinski definition) is 2. The fourth-order valence-electron chi connectivity index (χ4n) is 1.53. The molecule has 1 aromatic carbocycles. The fraction of sp³-hybridized carbons (Fsp3) is 0.0769. The van der Waals surface area contributed by atoms with E-state index in [0.29, 0.717) is 6.29 Å². The summed E-state index contributed by atoms with van der Waals surface area (Å²) < 4.78 is 26.6. The predicted molar refractivity (Wildman–Crippen MR) is 59.7 cm³/mol. The van der Waals surface area contributed by atoms with Crippen LogP contribution in [0.1, 0.15) is 15.9 Å². The molecule has 0 radical (unpaired) electrons. The van der Waals surface area contributed by atoms with Crippen LogP contribution in [0.15, 0.2) is 30.5 Å². The van der Waals surface area contributed by atoms with Crippen molar-refractivity contribution in [2.45, 2.75) is 6.92 Å². The van der Waals surface area contributed by atoms with Crippen molar-refractivity contribution in [3.8, 4) is 11.3 Å². The van der Waals surface area contributed by atoms with E-state index in [9.17, 15) is 13.6 Å². The van der Waals surface area contributed by atoms with E-state index in [-0.39, 0.29) is 16.8 Å². The Bertz CT molecular complexity index is 582. The second kappa shape index (κ2) is 4.41. The number of nitrogens with zero attached hydrogens (tertiary/aromatic N) is 1. The van der Waals surface area contributed by atoms with E-state index in [1.54, 1.807) is 12.1 Å². The lowest BCUT2D eigenvalue weighted by Gasteiger charge is -2.05. The molecule has 0 amide bonds. The monoisotopic (exact) mass is 233 g/mol. The molecule has 4 heteroatoms. The quantitative estimate of drug-likeness (QED) is 0.746. The van der Waals surface area contributed by atoms with Gasteiger partial charge in [-0.25, -0.2) is 8.78 Å². The molecule has 0 saturated carbocycles. The molecule has 2 nitrogen and oxygen atoms in total. The summed E-state index contributed by atoms with van der Waals surface area (Å²) in [5.41, 5.74) is 1.24. The van der Waals surface area contributed by atoms with Gasteiger partial charge < -0.3 is 0 Å². The Balaban J connectivity index is 2.60. The van der Waals surface area contributed by atoms with Gasteiger partial charge in [0.05, 0.1) is 17.5 Å². The summed E-state index contributed by atoms with van der Waals surface area (Å²) in [5.74, 6) is -1.16. The minimum atomic E-state index is -0.711. The summed E-state index contributed by atoms with van der Waals surface area (Å²) in [6.45, 7) is 1.81. The van der Waals surface area contributed by atoms with Crippen LogP contribution in [0.2, 0.25) is 0 Å². The summed E-state index contributed by atoms with van der Waals surface area (Å²) in [5, 5.41) is 0. The first-order valence-electron chi connectivity index (χ1n) is 4.99. The molecule has 0 bridgehead atoms. The zero-order valence-corrected chi connectivity index (χ0v) is 9.08. The first-order chi connectivity index (χ1) is 8.11. The molecule has 2 rings (SSSR count). The van der Waals surface area contributed by atoms with Crippen LogP contribution in [0.3, 0.4) is 0 Å². The Morgan fingerprint density at radius 3 is 2.65 bits per heavy atom. The highest BCUT2D eigenvalue weighted by Crippen LogP contribution is 2.23. The number of rotatable bonds is 2. The molecule has 1 aromatic heterocycles. The molecule has 0 spiro atoms. The van der Waals surface area contributed by atoms with Crippen LogP contribution in [0.5, 0.6) is 0 Å². The Morgan fingerprint density at radius 1 is 1.18 bits per heavy atom. The van der Waals surface area contributed by atoms with Gasteiger partial charge in [0.1, 0.15) is 5.82 Å². The molecule has 0 N–H and O–H groups in total. The highest BCUT2D eigenvalue weighted by Gasteiger charge is 2.10. The van der Waals surface area contributed by atoms with Gasteiger partial charge >= 0.3 is 0 Å². The third-order valence-corrected chi connectivity index (χ3v) is 2.41. The van der Waals surface area contributed by atoms with Crippen molar-refractivity contribution >= 4 is 6.29 Å². The first-order valence-corrected chi connectivity index (χ1v) is 4.99. The molecule has 17 heavy (non-hydrogen) atoms. The highest BCUT2D eigenvalue weighted by atomic mass is 19.1. The van der Waals surface area contributed by atoms with E-state index in [1.165, 1.54) is 12.1 Å². The van der Waals surface area contributed by atoms with Crippen molar-refractivity contribution in [2.75, 3.05) is 0 Å². The SMILES string of the molecule is Cc1ccc(F)c(-c2cc(C=O)c(F)cn2)c1. The molecule has 0 unspecified atom stereocenters. The number of carbonyl (C=O) groups excluding carboxylic acids is 1. The Kier molecular flexibility index (Phi) is 2.95. The maximum absolute atomic E-state index is 13.6. The summed E-state index contributed by atoms with van der Waals surface area (Å²) in [4.78, 5) is 14.4. The number of aromatic nitrogens is 1. The van der Waals surface area contributed by atoms with Crippen molar-refractivity contribution in [1.82, 2.24) is 4.98 Å². The Morgan fingerprint density at radius 2 is 1.94 bits per heavy atom. The highest BCUT2D eigenvalue weighted by molar-refractivity contribution is 5.78. The zero-order chi connectivity index (χ0) is 12.4. The van der Waals surface area contributed by atoms with Gasteiger partial charge in [0.2, 0.25) is 0 Å². The van der Waals surface area contributed by atoms with Crippen LogP contribution in [0.4, 0.5) is 8.78 Å². The van der Waals surface area contributed by atoms with Crippen molar-refractivity contribution in [1.29, 1.82) is 0 Å². The smallest absolute Gasteiger partial charge is 0.153 e. The van der Waals surface area contributed by atoms with Crippen LogP contribution in [0, 0.1) is 18.6 Å². The predicted octanol–water partition coefficient (Wildman–Crippen LogP) is 3.15. The number of halogens is 2. The van der Waals surface area contributed by atoms with Gasteiger partial charge in [-0.05, 0) is 25.1 Å². The lowest BCUT2D eigenvalue weighted by molar-refractivity contribution is 0.111. The molecule has 86 valence electrons. The van der Waals surface area contributed by atoms with Gasteiger partial charge in [0.25, 0.3) is 0 Å². The number of aryl methyl sites for hydroxylation is 1. The fourth-order valence-corrected chi connectivity index (χ4v) is 1.53. The van der Waals surface area contributed by atoms with Gasteiger partial charge in [-0.3, -0.25) is 9.78 Å². The average molecular weight is 233 g/mol. The van der Waals surface area contributed by atoms with E-state index >= 15 is 0 Å². The van der Waals surface area contributed by atoms with Crippen LogP contribution >= 0.6 is 0 Å². The minimum absolute atomic E-state index is 0.129. The zero-order valence-electron chi connectivity index (χ0n) is 9.08. The normalized spacial score (nSPS) is 10.3. The number of hydrogen-bond donors (Lipinski definition) is 0. The lowest BCUT2D eigenvalue weighted by Crippen LogP contribution is -1.94. The van der Waals surface area contributed by atoms with Gasteiger partial charge in [-0.1, -0.05) is 11.6 Å². The van der Waals surface area contributed by atoms with Crippen molar-refractivity contribution in [3.05, 3.63) is 53.2 Å². The standard InChI is InChI=1S/C13H9F2NO/c1-8-2-3-11(14)10(4-8)13-5-9(7-17)12(15)6-16-13/h2-7H,1H3. The van der Waals surface area contributed by atoms with E-state index < -0.39 is 11.6 Å². The van der Waals surface area contributed by atoms with Crippen LogP contribution in [-0.2, 0) is 0 Å². The van der Waals surface area contributed by atoms with Gasteiger partial charge in [-0.2, -0.15) is 0 Å². The van der Waals surface area contributed by atoms with E-state index in [2.05, 4.69) is 4.98 Å². The summed E-state index contributed by atoms with van der Waals surface area (Å²) in [6, 6.07) is 5.78.